The predicted octanol–water partition coefficient (Wildman–Crippen LogP) is 5.03. The number of nitro benzene ring substituents is 1. The Morgan fingerprint density at radius 3 is 2.59 bits per heavy atom. The number of rotatable bonds is 4. The van der Waals surface area contributed by atoms with Crippen molar-refractivity contribution in [2.45, 2.75) is 6.18 Å². The van der Waals surface area contributed by atoms with Crippen molar-refractivity contribution in [3.05, 3.63) is 68.6 Å². The zero-order valence-electron chi connectivity index (χ0n) is 14.6. The van der Waals surface area contributed by atoms with Gasteiger partial charge in [0.05, 0.1) is 28.2 Å². The summed E-state index contributed by atoms with van der Waals surface area (Å²) in [5.41, 5.74) is -0.859. The molecule has 6 nitrogen and oxygen atoms in total. The van der Waals surface area contributed by atoms with Crippen molar-refractivity contribution in [1.29, 1.82) is 0 Å². The number of ether oxygens (including phenoxy) is 1. The van der Waals surface area contributed by atoms with Crippen LogP contribution >= 0.6 is 24.0 Å². The summed E-state index contributed by atoms with van der Waals surface area (Å²) in [5.74, 6) is -0.340. The number of benzene rings is 2. The number of methoxy groups -OCH3 is 1. The van der Waals surface area contributed by atoms with Gasteiger partial charge in [-0.05, 0) is 30.3 Å². The Morgan fingerprint density at radius 1 is 1.24 bits per heavy atom. The van der Waals surface area contributed by atoms with Crippen LogP contribution < -0.4 is 9.64 Å². The Labute approximate surface area is 172 Å². The van der Waals surface area contributed by atoms with Crippen LogP contribution in [0.3, 0.4) is 0 Å². The number of nitrogens with zero attached hydrogens (tertiary/aromatic N) is 2. The Morgan fingerprint density at radius 2 is 1.97 bits per heavy atom. The van der Waals surface area contributed by atoms with E-state index in [4.69, 9.17) is 17.0 Å². The second kappa shape index (κ2) is 7.84. The molecular weight excluding hydrogens is 429 g/mol. The zero-order valence-corrected chi connectivity index (χ0v) is 16.2. The van der Waals surface area contributed by atoms with Gasteiger partial charge in [-0.2, -0.15) is 13.2 Å². The third-order valence-electron chi connectivity index (χ3n) is 3.94. The van der Waals surface area contributed by atoms with E-state index >= 15 is 0 Å². The fraction of sp³-hybridized carbons (Fsp3) is 0.111. The second-order valence-corrected chi connectivity index (χ2v) is 7.42. The highest BCUT2D eigenvalue weighted by molar-refractivity contribution is 8.27. The van der Waals surface area contributed by atoms with Gasteiger partial charge in [0.2, 0.25) is 0 Å². The number of nitro groups is 1. The van der Waals surface area contributed by atoms with Crippen LogP contribution in [0, 0.1) is 10.1 Å². The minimum Gasteiger partial charge on any atom is -0.496 e. The van der Waals surface area contributed by atoms with Gasteiger partial charge < -0.3 is 4.74 Å². The lowest BCUT2D eigenvalue weighted by Crippen LogP contribution is -2.27. The maximum absolute atomic E-state index is 13.0. The highest BCUT2D eigenvalue weighted by Crippen LogP contribution is 2.39. The summed E-state index contributed by atoms with van der Waals surface area (Å²) in [6.45, 7) is 0. The molecular formula is C18H11F3N2O4S2. The maximum Gasteiger partial charge on any atom is 0.416 e. The molecule has 0 spiro atoms. The molecule has 0 saturated carbocycles. The molecule has 1 aliphatic rings. The fourth-order valence-corrected chi connectivity index (χ4v) is 3.89. The van der Waals surface area contributed by atoms with Crippen molar-refractivity contribution >= 4 is 51.7 Å². The van der Waals surface area contributed by atoms with Gasteiger partial charge in [-0.25, -0.2) is 0 Å². The van der Waals surface area contributed by atoms with Gasteiger partial charge in [-0.3, -0.25) is 19.8 Å². The molecule has 0 aromatic heterocycles. The van der Waals surface area contributed by atoms with Crippen LogP contribution in [-0.2, 0) is 11.0 Å². The number of hydrogen-bond acceptors (Lipinski definition) is 6. The standard InChI is InChI=1S/C18H11F3N2O4S2/c1-27-14-6-5-13(23(25)26)7-10(14)8-15-16(24)22(17(28)29-15)12-4-2-3-11(9-12)18(19,20)21/h2-9H,1H3/b15-8-. The monoisotopic (exact) mass is 440 g/mol. The Kier molecular flexibility index (Phi) is 5.62. The van der Waals surface area contributed by atoms with Crippen LogP contribution in [0.5, 0.6) is 5.75 Å². The quantitative estimate of drug-likeness (QED) is 0.287. The van der Waals surface area contributed by atoms with Crippen molar-refractivity contribution in [3.63, 3.8) is 0 Å². The number of thioether (sulfide) groups is 1. The normalized spacial score (nSPS) is 15.9. The minimum atomic E-state index is -4.57. The smallest absolute Gasteiger partial charge is 0.416 e. The molecule has 1 fully saturated rings. The largest absolute Gasteiger partial charge is 0.496 e. The lowest BCUT2D eigenvalue weighted by molar-refractivity contribution is -0.384. The van der Waals surface area contributed by atoms with E-state index in [0.29, 0.717) is 5.75 Å². The Balaban J connectivity index is 2.00. The van der Waals surface area contributed by atoms with Gasteiger partial charge in [-0.15, -0.1) is 0 Å². The van der Waals surface area contributed by atoms with Gasteiger partial charge >= 0.3 is 6.18 Å². The van der Waals surface area contributed by atoms with E-state index in [1.54, 1.807) is 0 Å². The molecule has 0 bridgehead atoms. The second-order valence-electron chi connectivity index (χ2n) is 5.75. The van der Waals surface area contributed by atoms with E-state index in [-0.39, 0.29) is 26.2 Å². The van der Waals surface area contributed by atoms with Crippen molar-refractivity contribution in [1.82, 2.24) is 0 Å². The van der Waals surface area contributed by atoms with Gasteiger partial charge in [0.1, 0.15) is 5.75 Å². The van der Waals surface area contributed by atoms with Crippen LogP contribution in [0.4, 0.5) is 24.5 Å². The third-order valence-corrected chi connectivity index (χ3v) is 5.24. The number of thiocarbonyl (C=S) groups is 1. The summed E-state index contributed by atoms with van der Waals surface area (Å²) >= 11 is 6.05. The number of non-ortho nitro benzene ring substituents is 1. The summed E-state index contributed by atoms with van der Waals surface area (Å²) in [6, 6.07) is 8.13. The van der Waals surface area contributed by atoms with Crippen LogP contribution in [-0.4, -0.2) is 22.3 Å². The van der Waals surface area contributed by atoms with Gasteiger partial charge in [-0.1, -0.05) is 30.0 Å². The van der Waals surface area contributed by atoms with Crippen LogP contribution in [0.15, 0.2) is 47.4 Å². The predicted molar refractivity (Wildman–Crippen MR) is 107 cm³/mol. The number of amides is 1. The van der Waals surface area contributed by atoms with E-state index in [9.17, 15) is 28.1 Å². The number of hydrogen-bond donors (Lipinski definition) is 0. The van der Waals surface area contributed by atoms with Gasteiger partial charge in [0.25, 0.3) is 11.6 Å². The SMILES string of the molecule is COc1ccc([N+](=O)[O-])cc1/C=C1\SC(=S)N(c2cccc(C(F)(F)F)c2)C1=O. The number of alkyl halides is 3. The van der Waals surface area contributed by atoms with Crippen molar-refractivity contribution in [2.75, 3.05) is 12.0 Å². The first kappa shape index (κ1) is 20.8. The first-order valence-electron chi connectivity index (χ1n) is 7.89. The summed E-state index contributed by atoms with van der Waals surface area (Å²) in [6.07, 6.45) is -3.21. The number of halogens is 3. The van der Waals surface area contributed by atoms with Crippen LogP contribution in [0.1, 0.15) is 11.1 Å². The lowest BCUT2D eigenvalue weighted by atomic mass is 10.1. The number of carbonyl (C=O) groups excluding carboxylic acids is 1. The average molecular weight is 440 g/mol. The van der Waals surface area contributed by atoms with E-state index in [1.165, 1.54) is 43.5 Å². The Bertz CT molecular complexity index is 1050. The van der Waals surface area contributed by atoms with Gasteiger partial charge in [0.15, 0.2) is 4.32 Å². The third kappa shape index (κ3) is 4.25. The maximum atomic E-state index is 13.0. The zero-order chi connectivity index (χ0) is 21.3. The molecule has 150 valence electrons. The highest BCUT2D eigenvalue weighted by Gasteiger charge is 2.36. The molecule has 2 aromatic carbocycles. The highest BCUT2D eigenvalue weighted by atomic mass is 32.2. The van der Waals surface area contributed by atoms with E-state index in [2.05, 4.69) is 0 Å². The number of carbonyl (C=O) groups is 1. The van der Waals surface area contributed by atoms with Crippen LogP contribution in [0.2, 0.25) is 0 Å². The lowest BCUT2D eigenvalue weighted by Gasteiger charge is -2.16. The molecule has 3 rings (SSSR count). The number of anilines is 1. The topological polar surface area (TPSA) is 72.7 Å². The van der Waals surface area contributed by atoms with Crippen LogP contribution in [0.25, 0.3) is 6.08 Å². The fourth-order valence-electron chi connectivity index (χ4n) is 2.60. The van der Waals surface area contributed by atoms with Crippen molar-refractivity contribution in [2.24, 2.45) is 0 Å². The van der Waals surface area contributed by atoms with Gasteiger partial charge in [0, 0.05) is 17.7 Å². The molecule has 0 radical (unpaired) electrons. The van der Waals surface area contributed by atoms with E-state index in [1.807, 2.05) is 0 Å². The molecule has 1 heterocycles. The van der Waals surface area contributed by atoms with E-state index in [0.717, 1.165) is 28.8 Å². The average Bonchev–Trinajstić information content (AvgIpc) is 2.94. The first-order chi connectivity index (χ1) is 13.6. The minimum absolute atomic E-state index is 0.0169. The molecule has 2 aromatic rings. The molecule has 1 aliphatic heterocycles. The molecule has 0 aliphatic carbocycles. The Hall–Kier alpha value is -2.92. The molecule has 0 unspecified atom stereocenters. The molecule has 1 saturated heterocycles. The van der Waals surface area contributed by atoms with Crippen molar-refractivity contribution in [3.8, 4) is 5.75 Å². The first-order valence-corrected chi connectivity index (χ1v) is 9.12. The molecule has 1 amide bonds. The molecule has 0 atom stereocenters. The summed E-state index contributed by atoms with van der Waals surface area (Å²) in [5, 5.41) is 11.0. The molecule has 11 heteroatoms. The molecule has 0 N–H and O–H groups in total. The van der Waals surface area contributed by atoms with Crippen molar-refractivity contribution < 1.29 is 27.6 Å². The summed E-state index contributed by atoms with van der Waals surface area (Å²) < 4.78 is 44.1. The summed E-state index contributed by atoms with van der Waals surface area (Å²) in [4.78, 5) is 24.3. The van der Waals surface area contributed by atoms with E-state index < -0.39 is 22.6 Å². The molecule has 29 heavy (non-hydrogen) atoms. The summed E-state index contributed by atoms with van der Waals surface area (Å²) in [7, 11) is 1.37.